The summed E-state index contributed by atoms with van der Waals surface area (Å²) < 4.78 is 1.84. The van der Waals surface area contributed by atoms with Gasteiger partial charge >= 0.3 is 0 Å². The molecule has 88 valence electrons. The molecule has 1 aromatic heterocycles. The average molecular weight is 287 g/mol. The Morgan fingerprint density at radius 1 is 1.62 bits per heavy atom. The molecule has 16 heavy (non-hydrogen) atoms. The molecule has 0 aliphatic rings. The second kappa shape index (κ2) is 5.84. The topological polar surface area (TPSA) is 51.1 Å². The van der Waals surface area contributed by atoms with Gasteiger partial charge in [-0.1, -0.05) is 6.92 Å². The molecule has 1 rings (SSSR count). The van der Waals surface area contributed by atoms with E-state index in [1.807, 2.05) is 13.8 Å². The molecule has 1 N–H and O–H groups in total. The number of halogens is 1. The van der Waals surface area contributed by atoms with Crippen molar-refractivity contribution in [2.24, 2.45) is 0 Å². The first-order valence-electron chi connectivity index (χ1n) is 5.19. The van der Waals surface area contributed by atoms with E-state index in [1.54, 1.807) is 18.3 Å². The Bertz CT molecular complexity index is 428. The Labute approximate surface area is 103 Å². The molecule has 1 atom stereocenters. The zero-order valence-electron chi connectivity index (χ0n) is 9.37. The predicted molar refractivity (Wildman–Crippen MR) is 66.3 cm³/mol. The molecular weight excluding hydrogens is 272 g/mol. The second-order valence-electron chi connectivity index (χ2n) is 3.67. The highest BCUT2D eigenvalue weighted by Gasteiger charge is 2.07. The molecule has 0 aromatic carbocycles. The molecule has 4 nitrogen and oxygen atoms in total. The summed E-state index contributed by atoms with van der Waals surface area (Å²) in [6.45, 7) is 3.99. The number of hydrogen-bond acceptors (Lipinski definition) is 2. The lowest BCUT2D eigenvalue weighted by atomic mass is 10.2. The zero-order valence-corrected chi connectivity index (χ0v) is 11.0. The maximum atomic E-state index is 11.6. The van der Waals surface area contributed by atoms with Crippen molar-refractivity contribution < 1.29 is 4.79 Å². The van der Waals surface area contributed by atoms with E-state index in [1.165, 1.54) is 4.57 Å². The van der Waals surface area contributed by atoms with E-state index in [9.17, 15) is 9.59 Å². The summed E-state index contributed by atoms with van der Waals surface area (Å²) >= 11 is 3.14. The first kappa shape index (κ1) is 13.0. The maximum Gasteiger partial charge on any atom is 0.265 e. The van der Waals surface area contributed by atoms with E-state index >= 15 is 0 Å². The largest absolute Gasteiger partial charge is 0.352 e. The maximum absolute atomic E-state index is 11.6. The Kier molecular flexibility index (Phi) is 4.73. The van der Waals surface area contributed by atoms with E-state index in [2.05, 4.69) is 21.2 Å². The first-order chi connectivity index (χ1) is 7.54. The molecule has 0 aliphatic heterocycles. The Hall–Kier alpha value is -1.10. The van der Waals surface area contributed by atoms with Gasteiger partial charge in [-0.05, 0) is 41.4 Å². The van der Waals surface area contributed by atoms with E-state index in [-0.39, 0.29) is 24.1 Å². The third-order valence-corrected chi connectivity index (χ3v) is 2.91. The number of carbonyl (C=O) groups is 1. The standard InChI is InChI=1S/C11H15BrN2O2/c1-3-8(2)13-10(15)7-14-6-4-5-9(12)11(14)16/h4-6,8H,3,7H2,1-2H3,(H,13,15). The normalized spacial score (nSPS) is 12.2. The van der Waals surface area contributed by atoms with E-state index in [0.29, 0.717) is 4.47 Å². The van der Waals surface area contributed by atoms with Gasteiger partial charge in [0.25, 0.3) is 5.56 Å². The van der Waals surface area contributed by atoms with Gasteiger partial charge in [0, 0.05) is 12.2 Å². The number of aromatic nitrogens is 1. The van der Waals surface area contributed by atoms with Gasteiger partial charge in [0.1, 0.15) is 6.54 Å². The van der Waals surface area contributed by atoms with Crippen molar-refractivity contribution in [1.29, 1.82) is 0 Å². The van der Waals surface area contributed by atoms with Crippen LogP contribution < -0.4 is 10.9 Å². The molecule has 0 saturated heterocycles. The SMILES string of the molecule is CCC(C)NC(=O)Cn1cccc(Br)c1=O. The molecular formula is C11H15BrN2O2. The van der Waals surface area contributed by atoms with Gasteiger partial charge in [0.05, 0.1) is 4.47 Å². The van der Waals surface area contributed by atoms with E-state index < -0.39 is 0 Å². The summed E-state index contributed by atoms with van der Waals surface area (Å²) in [6.07, 6.45) is 2.47. The van der Waals surface area contributed by atoms with Crippen LogP contribution in [0.2, 0.25) is 0 Å². The monoisotopic (exact) mass is 286 g/mol. The van der Waals surface area contributed by atoms with Crippen LogP contribution in [-0.2, 0) is 11.3 Å². The van der Waals surface area contributed by atoms with Crippen LogP contribution in [-0.4, -0.2) is 16.5 Å². The fourth-order valence-electron chi connectivity index (χ4n) is 1.21. The Morgan fingerprint density at radius 3 is 2.94 bits per heavy atom. The van der Waals surface area contributed by atoms with Crippen LogP contribution in [0, 0.1) is 0 Å². The minimum absolute atomic E-state index is 0.0581. The van der Waals surface area contributed by atoms with Crippen molar-refractivity contribution in [3.8, 4) is 0 Å². The van der Waals surface area contributed by atoms with Crippen molar-refractivity contribution in [2.45, 2.75) is 32.9 Å². The van der Waals surface area contributed by atoms with Crippen molar-refractivity contribution in [3.63, 3.8) is 0 Å². The summed E-state index contributed by atoms with van der Waals surface area (Å²) in [5, 5.41) is 2.81. The summed E-state index contributed by atoms with van der Waals surface area (Å²) in [7, 11) is 0. The van der Waals surface area contributed by atoms with Crippen LogP contribution in [0.1, 0.15) is 20.3 Å². The lowest BCUT2D eigenvalue weighted by Gasteiger charge is -2.12. The molecule has 1 unspecified atom stereocenters. The fraction of sp³-hybridized carbons (Fsp3) is 0.455. The summed E-state index contributed by atoms with van der Waals surface area (Å²) in [5.74, 6) is -0.144. The highest BCUT2D eigenvalue weighted by molar-refractivity contribution is 9.10. The van der Waals surface area contributed by atoms with Gasteiger partial charge < -0.3 is 9.88 Å². The van der Waals surface area contributed by atoms with Crippen LogP contribution >= 0.6 is 15.9 Å². The van der Waals surface area contributed by atoms with Gasteiger partial charge in [-0.25, -0.2) is 0 Å². The van der Waals surface area contributed by atoms with Crippen molar-refractivity contribution >= 4 is 21.8 Å². The third kappa shape index (κ3) is 3.48. The van der Waals surface area contributed by atoms with Gasteiger partial charge in [-0.15, -0.1) is 0 Å². The molecule has 1 heterocycles. The van der Waals surface area contributed by atoms with Crippen LogP contribution in [0.3, 0.4) is 0 Å². The number of hydrogen-bond donors (Lipinski definition) is 1. The molecule has 0 bridgehead atoms. The molecule has 1 amide bonds. The van der Waals surface area contributed by atoms with Crippen molar-refractivity contribution in [2.75, 3.05) is 0 Å². The number of carbonyl (C=O) groups excluding carboxylic acids is 1. The van der Waals surface area contributed by atoms with Crippen LogP contribution in [0.4, 0.5) is 0 Å². The molecule has 0 radical (unpaired) electrons. The molecule has 5 heteroatoms. The lowest BCUT2D eigenvalue weighted by molar-refractivity contribution is -0.122. The predicted octanol–water partition coefficient (Wildman–Crippen LogP) is 1.53. The van der Waals surface area contributed by atoms with Crippen molar-refractivity contribution in [1.82, 2.24) is 9.88 Å². The lowest BCUT2D eigenvalue weighted by Crippen LogP contribution is -2.37. The highest BCUT2D eigenvalue weighted by Crippen LogP contribution is 2.00. The van der Waals surface area contributed by atoms with E-state index in [0.717, 1.165) is 6.42 Å². The molecule has 1 aromatic rings. The summed E-state index contributed by atoms with van der Waals surface area (Å²) in [4.78, 5) is 23.2. The van der Waals surface area contributed by atoms with Gasteiger partial charge in [-0.3, -0.25) is 9.59 Å². The Balaban J connectivity index is 2.70. The molecule has 0 spiro atoms. The van der Waals surface area contributed by atoms with Crippen LogP contribution in [0.15, 0.2) is 27.6 Å². The average Bonchev–Trinajstić information content (AvgIpc) is 2.24. The third-order valence-electron chi connectivity index (χ3n) is 2.31. The number of pyridine rings is 1. The molecule has 0 saturated carbocycles. The number of nitrogens with zero attached hydrogens (tertiary/aromatic N) is 1. The number of rotatable bonds is 4. The van der Waals surface area contributed by atoms with Gasteiger partial charge in [0.15, 0.2) is 0 Å². The van der Waals surface area contributed by atoms with Gasteiger partial charge in [0.2, 0.25) is 5.91 Å². The fourth-order valence-corrected chi connectivity index (χ4v) is 1.59. The number of nitrogens with one attached hydrogen (secondary N) is 1. The van der Waals surface area contributed by atoms with Crippen LogP contribution in [0.5, 0.6) is 0 Å². The summed E-state index contributed by atoms with van der Waals surface area (Å²) in [6, 6.07) is 3.52. The molecule has 0 fully saturated rings. The minimum atomic E-state index is -0.193. The van der Waals surface area contributed by atoms with Gasteiger partial charge in [-0.2, -0.15) is 0 Å². The second-order valence-corrected chi connectivity index (χ2v) is 4.52. The quantitative estimate of drug-likeness (QED) is 0.913. The number of amides is 1. The van der Waals surface area contributed by atoms with E-state index in [4.69, 9.17) is 0 Å². The summed E-state index contributed by atoms with van der Waals surface area (Å²) in [5.41, 5.74) is -0.193. The van der Waals surface area contributed by atoms with Crippen LogP contribution in [0.25, 0.3) is 0 Å². The van der Waals surface area contributed by atoms with Crippen molar-refractivity contribution in [3.05, 3.63) is 33.2 Å². The smallest absolute Gasteiger partial charge is 0.265 e. The molecule has 0 aliphatic carbocycles. The zero-order chi connectivity index (χ0) is 12.1. The highest BCUT2D eigenvalue weighted by atomic mass is 79.9. The first-order valence-corrected chi connectivity index (χ1v) is 5.98. The Morgan fingerprint density at radius 2 is 2.31 bits per heavy atom. The minimum Gasteiger partial charge on any atom is -0.352 e.